The van der Waals surface area contributed by atoms with E-state index in [1.807, 2.05) is 55.5 Å². The van der Waals surface area contributed by atoms with Crippen LogP contribution in [0.25, 0.3) is 22.6 Å². The molecule has 0 aliphatic carbocycles. The van der Waals surface area contributed by atoms with Gasteiger partial charge in [-0.25, -0.2) is 9.97 Å². The number of anilines is 4. The molecule has 0 bridgehead atoms. The molecule has 0 atom stereocenters. The third-order valence-electron chi connectivity index (χ3n) is 8.05. The largest absolute Gasteiger partial charge is 0.436 e. The second kappa shape index (κ2) is 12.3. The number of azo groups is 1. The van der Waals surface area contributed by atoms with E-state index in [0.717, 1.165) is 39.1 Å². The number of para-hydroxylation sites is 2. The van der Waals surface area contributed by atoms with E-state index >= 15 is 0 Å². The number of pyridine rings is 1. The summed E-state index contributed by atoms with van der Waals surface area (Å²) in [5.41, 5.74) is 12.7. The van der Waals surface area contributed by atoms with Crippen molar-refractivity contribution in [2.75, 3.05) is 10.6 Å². The van der Waals surface area contributed by atoms with Gasteiger partial charge in [-0.2, -0.15) is 5.26 Å². The molecule has 2 N–H and O–H groups in total. The number of fused-ring (bicyclic) bond motifs is 1. The standard InChI is InChI=1S/C38H35N7O/c1-21-16-23(3)33(24(4)17-21)41-36-29(20-39)27(7)35(37(43-36)42-34-25(5)18-22(2)19-26(34)6)45-44-30-13-9-8-12-28(30)38-40-31-14-10-11-15-32(31)46-38/h8-19H,1-7H3,(H2,41,42,43). The zero-order valence-electron chi connectivity index (χ0n) is 27.1. The zero-order valence-corrected chi connectivity index (χ0v) is 27.1. The molecule has 8 heteroatoms. The van der Waals surface area contributed by atoms with Crippen LogP contribution in [-0.2, 0) is 0 Å². The third-order valence-corrected chi connectivity index (χ3v) is 8.05. The Morgan fingerprint density at radius 1 is 0.674 bits per heavy atom. The van der Waals surface area contributed by atoms with Crippen LogP contribution in [0.1, 0.15) is 44.5 Å². The molecule has 0 fully saturated rings. The molecule has 0 amide bonds. The number of aryl methyl sites for hydroxylation is 6. The van der Waals surface area contributed by atoms with Gasteiger partial charge in [0, 0.05) is 16.9 Å². The van der Waals surface area contributed by atoms with Crippen LogP contribution >= 0.6 is 0 Å². The number of hydrogen-bond donors (Lipinski definition) is 2. The minimum atomic E-state index is 0.392. The SMILES string of the molecule is Cc1cc(C)c(Nc2nc(Nc3c(C)cc(C)cc3C)c(N=Nc3ccccc3-c3nc4ccccc4o3)c(C)c2C#N)c(C)c1. The van der Waals surface area contributed by atoms with Gasteiger partial charge in [0.1, 0.15) is 17.3 Å². The molecule has 6 aromatic rings. The first-order chi connectivity index (χ1) is 22.1. The monoisotopic (exact) mass is 605 g/mol. The van der Waals surface area contributed by atoms with Gasteiger partial charge in [-0.3, -0.25) is 0 Å². The Labute approximate surface area is 268 Å². The van der Waals surface area contributed by atoms with Crippen molar-refractivity contribution >= 4 is 45.5 Å². The highest BCUT2D eigenvalue weighted by Crippen LogP contribution is 2.40. The second-order valence-electron chi connectivity index (χ2n) is 11.8. The molecule has 6 rings (SSSR count). The number of hydrogen-bond acceptors (Lipinski definition) is 8. The molecule has 0 spiro atoms. The van der Waals surface area contributed by atoms with Crippen LogP contribution in [-0.4, -0.2) is 9.97 Å². The van der Waals surface area contributed by atoms with Crippen LogP contribution in [0.4, 0.5) is 34.4 Å². The Bertz CT molecular complexity index is 2130. The summed E-state index contributed by atoms with van der Waals surface area (Å²) in [6.45, 7) is 14.3. The van der Waals surface area contributed by atoms with Crippen LogP contribution in [0.5, 0.6) is 0 Å². The summed E-state index contributed by atoms with van der Waals surface area (Å²) in [7, 11) is 0. The van der Waals surface area contributed by atoms with Gasteiger partial charge in [0.05, 0.1) is 16.8 Å². The summed E-state index contributed by atoms with van der Waals surface area (Å²) in [6, 6.07) is 26.1. The van der Waals surface area contributed by atoms with Gasteiger partial charge >= 0.3 is 0 Å². The van der Waals surface area contributed by atoms with Gasteiger partial charge in [-0.15, -0.1) is 10.2 Å². The predicted molar refractivity (Wildman–Crippen MR) is 185 cm³/mol. The summed E-state index contributed by atoms with van der Waals surface area (Å²) >= 11 is 0. The summed E-state index contributed by atoms with van der Waals surface area (Å²) in [5.74, 6) is 1.39. The number of aromatic nitrogens is 2. The molecule has 228 valence electrons. The van der Waals surface area contributed by atoms with Crippen molar-refractivity contribution in [1.82, 2.24) is 9.97 Å². The topological polar surface area (TPSA) is 111 Å². The number of benzene rings is 4. The maximum absolute atomic E-state index is 10.4. The molecule has 0 aliphatic heterocycles. The summed E-state index contributed by atoms with van der Waals surface area (Å²) in [6.07, 6.45) is 0. The van der Waals surface area contributed by atoms with E-state index in [0.29, 0.717) is 51.2 Å². The molecule has 2 aromatic heterocycles. The van der Waals surface area contributed by atoms with Gasteiger partial charge in [-0.1, -0.05) is 59.7 Å². The second-order valence-corrected chi connectivity index (χ2v) is 11.8. The zero-order chi connectivity index (χ0) is 32.5. The third kappa shape index (κ3) is 5.83. The van der Waals surface area contributed by atoms with Crippen molar-refractivity contribution in [3.63, 3.8) is 0 Å². The van der Waals surface area contributed by atoms with Gasteiger partial charge in [0.15, 0.2) is 17.2 Å². The minimum absolute atomic E-state index is 0.392. The van der Waals surface area contributed by atoms with Gasteiger partial charge in [0.25, 0.3) is 0 Å². The summed E-state index contributed by atoms with van der Waals surface area (Å²) in [5, 5.41) is 26.8. The number of nitriles is 1. The summed E-state index contributed by atoms with van der Waals surface area (Å²) < 4.78 is 6.06. The fourth-order valence-electron chi connectivity index (χ4n) is 5.96. The lowest BCUT2D eigenvalue weighted by molar-refractivity contribution is 0.620. The van der Waals surface area contributed by atoms with Crippen molar-refractivity contribution in [2.45, 2.75) is 48.5 Å². The van der Waals surface area contributed by atoms with Gasteiger partial charge < -0.3 is 15.1 Å². The van der Waals surface area contributed by atoms with E-state index in [2.05, 4.69) is 92.6 Å². The molecule has 46 heavy (non-hydrogen) atoms. The van der Waals surface area contributed by atoms with E-state index in [1.165, 1.54) is 11.1 Å². The normalized spacial score (nSPS) is 11.3. The highest BCUT2D eigenvalue weighted by Gasteiger charge is 2.21. The van der Waals surface area contributed by atoms with Gasteiger partial charge in [0.2, 0.25) is 5.89 Å². The number of nitrogens with one attached hydrogen (secondary N) is 2. The minimum Gasteiger partial charge on any atom is -0.436 e. The van der Waals surface area contributed by atoms with Crippen LogP contribution < -0.4 is 10.6 Å². The quantitative estimate of drug-likeness (QED) is 0.175. The Balaban J connectivity index is 1.50. The Morgan fingerprint density at radius 2 is 1.24 bits per heavy atom. The maximum atomic E-state index is 10.4. The van der Waals surface area contributed by atoms with E-state index in [9.17, 15) is 5.26 Å². The van der Waals surface area contributed by atoms with Crippen molar-refractivity contribution in [1.29, 1.82) is 5.26 Å². The molecule has 8 nitrogen and oxygen atoms in total. The molecular weight excluding hydrogens is 570 g/mol. The first-order valence-electron chi connectivity index (χ1n) is 15.1. The van der Waals surface area contributed by atoms with Crippen LogP contribution in [0.15, 0.2) is 87.4 Å². The van der Waals surface area contributed by atoms with Gasteiger partial charge in [-0.05, 0) is 95.0 Å². The molecule has 0 radical (unpaired) electrons. The maximum Gasteiger partial charge on any atom is 0.229 e. The van der Waals surface area contributed by atoms with E-state index in [4.69, 9.17) is 14.5 Å². The lowest BCUT2D eigenvalue weighted by Crippen LogP contribution is -2.07. The smallest absolute Gasteiger partial charge is 0.229 e. The lowest BCUT2D eigenvalue weighted by atomic mass is 10.0. The summed E-state index contributed by atoms with van der Waals surface area (Å²) in [4.78, 5) is 9.67. The average molecular weight is 606 g/mol. The van der Waals surface area contributed by atoms with Crippen LogP contribution in [0, 0.1) is 59.8 Å². The lowest BCUT2D eigenvalue weighted by Gasteiger charge is -2.19. The fourth-order valence-corrected chi connectivity index (χ4v) is 5.96. The molecule has 0 saturated heterocycles. The van der Waals surface area contributed by atoms with Crippen LogP contribution in [0.2, 0.25) is 0 Å². The average Bonchev–Trinajstić information content (AvgIpc) is 3.45. The molecule has 4 aromatic carbocycles. The first kappa shape index (κ1) is 30.2. The number of rotatable bonds is 7. The van der Waals surface area contributed by atoms with Crippen molar-refractivity contribution in [3.8, 4) is 17.5 Å². The number of nitrogens with zero attached hydrogens (tertiary/aromatic N) is 5. The van der Waals surface area contributed by atoms with Crippen molar-refractivity contribution in [3.05, 3.63) is 117 Å². The Morgan fingerprint density at radius 3 is 1.85 bits per heavy atom. The van der Waals surface area contributed by atoms with Crippen LogP contribution in [0.3, 0.4) is 0 Å². The molecule has 2 heterocycles. The number of oxazole rings is 1. The van der Waals surface area contributed by atoms with E-state index in [1.54, 1.807) is 0 Å². The highest BCUT2D eigenvalue weighted by atomic mass is 16.3. The van der Waals surface area contributed by atoms with E-state index in [-0.39, 0.29) is 0 Å². The first-order valence-corrected chi connectivity index (χ1v) is 15.1. The van der Waals surface area contributed by atoms with E-state index < -0.39 is 0 Å². The molecular formula is C38H35N7O. The fraction of sp³-hybridized carbons (Fsp3) is 0.184. The molecule has 0 aliphatic rings. The van der Waals surface area contributed by atoms with Crippen molar-refractivity contribution < 1.29 is 4.42 Å². The highest BCUT2D eigenvalue weighted by molar-refractivity contribution is 5.82. The Hall–Kier alpha value is -5.81. The van der Waals surface area contributed by atoms with Crippen molar-refractivity contribution in [2.24, 2.45) is 10.2 Å². The Kier molecular flexibility index (Phi) is 8.08. The predicted octanol–water partition coefficient (Wildman–Crippen LogP) is 10.8. The molecule has 0 unspecified atom stereocenters. The molecule has 0 saturated carbocycles.